The van der Waals surface area contributed by atoms with Crippen LogP contribution in [0, 0.1) is 11.8 Å². The topological polar surface area (TPSA) is 67.4 Å². The van der Waals surface area contributed by atoms with Gasteiger partial charge >= 0.3 is 0 Å². The number of benzene rings is 2. The van der Waals surface area contributed by atoms with Crippen molar-refractivity contribution < 1.29 is 14.3 Å². The second kappa shape index (κ2) is 11.5. The summed E-state index contributed by atoms with van der Waals surface area (Å²) in [6.07, 6.45) is 4.65. The van der Waals surface area contributed by atoms with Gasteiger partial charge in [0.1, 0.15) is 5.75 Å². The first-order valence-electron chi connectivity index (χ1n) is 11.4. The second-order valence-corrected chi connectivity index (χ2v) is 8.60. The molecule has 5 heteroatoms. The van der Waals surface area contributed by atoms with Crippen LogP contribution in [0.2, 0.25) is 0 Å². The number of carbonyl (C=O) groups is 2. The fourth-order valence-electron chi connectivity index (χ4n) is 4.08. The summed E-state index contributed by atoms with van der Waals surface area (Å²) >= 11 is 0. The highest BCUT2D eigenvalue weighted by molar-refractivity contribution is 5.93. The fourth-order valence-corrected chi connectivity index (χ4v) is 4.08. The molecule has 2 amide bonds. The molecule has 2 aromatic rings. The van der Waals surface area contributed by atoms with Gasteiger partial charge in [0.05, 0.1) is 6.61 Å². The molecule has 31 heavy (non-hydrogen) atoms. The van der Waals surface area contributed by atoms with E-state index >= 15 is 0 Å². The Morgan fingerprint density at radius 2 is 1.65 bits per heavy atom. The Morgan fingerprint density at radius 3 is 2.39 bits per heavy atom. The summed E-state index contributed by atoms with van der Waals surface area (Å²) in [4.78, 5) is 24.5. The molecular formula is C26H34N2O3. The standard InChI is InChI=1S/C26H34N2O3/c1-19-7-6-10-24(20(19)2)28-26(30)16-15-25(29)27-22-11-13-23(14-12-22)31-18-17-21-8-4-3-5-9-21/h3-5,8-9,11-14,19-20,24H,6-7,10,15-18H2,1-2H3,(H,27,29)(H,28,30)/t19-,20+,24+/m0/s1. The Kier molecular flexibility index (Phi) is 8.51. The Labute approximate surface area is 185 Å². The van der Waals surface area contributed by atoms with E-state index in [0.29, 0.717) is 24.1 Å². The number of hydrogen-bond donors (Lipinski definition) is 2. The lowest BCUT2D eigenvalue weighted by Gasteiger charge is -2.34. The van der Waals surface area contributed by atoms with E-state index < -0.39 is 0 Å². The molecule has 1 aliphatic carbocycles. The molecule has 166 valence electrons. The summed E-state index contributed by atoms with van der Waals surface area (Å²) in [7, 11) is 0. The molecular weight excluding hydrogens is 388 g/mol. The van der Waals surface area contributed by atoms with Crippen LogP contribution in [0.5, 0.6) is 5.75 Å². The highest BCUT2D eigenvalue weighted by Crippen LogP contribution is 2.29. The van der Waals surface area contributed by atoms with Crippen LogP contribution in [0.4, 0.5) is 5.69 Å². The third kappa shape index (κ3) is 7.42. The molecule has 1 fully saturated rings. The van der Waals surface area contributed by atoms with E-state index in [9.17, 15) is 9.59 Å². The molecule has 0 aromatic heterocycles. The monoisotopic (exact) mass is 422 g/mol. The molecule has 1 aliphatic rings. The third-order valence-corrected chi connectivity index (χ3v) is 6.27. The third-order valence-electron chi connectivity index (χ3n) is 6.27. The van der Waals surface area contributed by atoms with Crippen LogP contribution < -0.4 is 15.4 Å². The zero-order valence-corrected chi connectivity index (χ0v) is 18.6. The van der Waals surface area contributed by atoms with E-state index in [2.05, 4.69) is 36.6 Å². The zero-order chi connectivity index (χ0) is 22.1. The molecule has 3 rings (SSSR count). The lowest BCUT2D eigenvalue weighted by molar-refractivity contribution is -0.125. The smallest absolute Gasteiger partial charge is 0.224 e. The first-order chi connectivity index (χ1) is 15.0. The van der Waals surface area contributed by atoms with Crippen LogP contribution in [0.25, 0.3) is 0 Å². The molecule has 0 spiro atoms. The minimum absolute atomic E-state index is 0.0386. The molecule has 5 nitrogen and oxygen atoms in total. The van der Waals surface area contributed by atoms with Gasteiger partial charge in [0.25, 0.3) is 0 Å². The van der Waals surface area contributed by atoms with Gasteiger partial charge in [0.2, 0.25) is 11.8 Å². The molecule has 0 unspecified atom stereocenters. The maximum absolute atomic E-state index is 12.3. The van der Waals surface area contributed by atoms with E-state index in [1.165, 1.54) is 12.0 Å². The summed E-state index contributed by atoms with van der Waals surface area (Å²) in [5, 5.41) is 5.97. The van der Waals surface area contributed by atoms with Crippen LogP contribution in [0.15, 0.2) is 54.6 Å². The van der Waals surface area contributed by atoms with Crippen LogP contribution in [-0.2, 0) is 16.0 Å². The average molecular weight is 423 g/mol. The summed E-state index contributed by atoms with van der Waals surface area (Å²) in [5.74, 6) is 1.69. The molecule has 0 heterocycles. The molecule has 0 aliphatic heterocycles. The van der Waals surface area contributed by atoms with E-state index in [1.807, 2.05) is 42.5 Å². The lowest BCUT2D eigenvalue weighted by atomic mass is 9.78. The van der Waals surface area contributed by atoms with E-state index in [1.54, 1.807) is 0 Å². The predicted molar refractivity (Wildman–Crippen MR) is 124 cm³/mol. The number of amides is 2. The van der Waals surface area contributed by atoms with Gasteiger partial charge < -0.3 is 15.4 Å². The Morgan fingerprint density at radius 1 is 0.935 bits per heavy atom. The average Bonchev–Trinajstić information content (AvgIpc) is 2.77. The van der Waals surface area contributed by atoms with Crippen LogP contribution >= 0.6 is 0 Å². The van der Waals surface area contributed by atoms with Gasteiger partial charge in [-0.2, -0.15) is 0 Å². The molecule has 3 atom stereocenters. The molecule has 0 bridgehead atoms. The number of ether oxygens (including phenoxy) is 1. The number of rotatable bonds is 9. The van der Waals surface area contributed by atoms with Gasteiger partial charge in [0, 0.05) is 31.0 Å². The number of anilines is 1. The summed E-state index contributed by atoms with van der Waals surface area (Å²) in [6.45, 7) is 5.05. The highest BCUT2D eigenvalue weighted by Gasteiger charge is 2.28. The fraction of sp³-hybridized carbons (Fsp3) is 0.462. The number of nitrogens with one attached hydrogen (secondary N) is 2. The van der Waals surface area contributed by atoms with Crippen molar-refractivity contribution in [2.75, 3.05) is 11.9 Å². The van der Waals surface area contributed by atoms with Gasteiger partial charge in [-0.3, -0.25) is 9.59 Å². The second-order valence-electron chi connectivity index (χ2n) is 8.60. The van der Waals surface area contributed by atoms with Gasteiger partial charge in [-0.15, -0.1) is 0 Å². The molecule has 0 radical (unpaired) electrons. The van der Waals surface area contributed by atoms with E-state index in [0.717, 1.165) is 25.0 Å². The first-order valence-corrected chi connectivity index (χ1v) is 11.4. The van der Waals surface area contributed by atoms with E-state index in [-0.39, 0.29) is 30.7 Å². The van der Waals surface area contributed by atoms with Crippen molar-refractivity contribution in [3.05, 3.63) is 60.2 Å². The van der Waals surface area contributed by atoms with Gasteiger partial charge in [-0.05, 0) is 48.1 Å². The lowest BCUT2D eigenvalue weighted by Crippen LogP contribution is -2.43. The normalized spacial score (nSPS) is 20.6. The zero-order valence-electron chi connectivity index (χ0n) is 18.6. The van der Waals surface area contributed by atoms with Crippen molar-refractivity contribution in [3.63, 3.8) is 0 Å². The summed E-state index contributed by atoms with van der Waals surface area (Å²) in [6, 6.07) is 17.8. The largest absolute Gasteiger partial charge is 0.493 e. The highest BCUT2D eigenvalue weighted by atomic mass is 16.5. The van der Waals surface area contributed by atoms with Gasteiger partial charge in [-0.1, -0.05) is 57.0 Å². The minimum atomic E-state index is -0.155. The maximum atomic E-state index is 12.3. The van der Waals surface area contributed by atoms with Crippen molar-refractivity contribution in [1.82, 2.24) is 5.32 Å². The number of carbonyl (C=O) groups excluding carboxylic acids is 2. The molecule has 2 N–H and O–H groups in total. The van der Waals surface area contributed by atoms with Crippen molar-refractivity contribution >= 4 is 17.5 Å². The van der Waals surface area contributed by atoms with Crippen molar-refractivity contribution in [3.8, 4) is 5.75 Å². The van der Waals surface area contributed by atoms with Gasteiger partial charge in [-0.25, -0.2) is 0 Å². The van der Waals surface area contributed by atoms with Crippen LogP contribution in [0.3, 0.4) is 0 Å². The molecule has 1 saturated carbocycles. The Bertz CT molecular complexity index is 835. The molecule has 0 saturated heterocycles. The van der Waals surface area contributed by atoms with Gasteiger partial charge in [0.15, 0.2) is 0 Å². The molecule has 2 aromatic carbocycles. The van der Waals surface area contributed by atoms with E-state index in [4.69, 9.17) is 4.74 Å². The Balaban J connectivity index is 1.35. The number of hydrogen-bond acceptors (Lipinski definition) is 3. The quantitative estimate of drug-likeness (QED) is 0.600. The Hall–Kier alpha value is -2.82. The SMILES string of the molecule is C[C@@H]1[C@@H](C)CCC[C@H]1NC(=O)CCC(=O)Nc1ccc(OCCc2ccccc2)cc1. The first kappa shape index (κ1) is 22.9. The van der Waals surface area contributed by atoms with Crippen molar-refractivity contribution in [1.29, 1.82) is 0 Å². The van der Waals surface area contributed by atoms with Crippen molar-refractivity contribution in [2.45, 2.75) is 58.4 Å². The summed E-state index contributed by atoms with van der Waals surface area (Å²) < 4.78 is 5.77. The summed E-state index contributed by atoms with van der Waals surface area (Å²) in [5.41, 5.74) is 1.94. The maximum Gasteiger partial charge on any atom is 0.224 e. The predicted octanol–water partition coefficient (Wildman–Crippen LogP) is 4.97. The van der Waals surface area contributed by atoms with Crippen LogP contribution in [-0.4, -0.2) is 24.5 Å². The minimum Gasteiger partial charge on any atom is -0.493 e. The van der Waals surface area contributed by atoms with Crippen LogP contribution in [0.1, 0.15) is 51.5 Å². The van der Waals surface area contributed by atoms with Crippen molar-refractivity contribution in [2.24, 2.45) is 11.8 Å².